The second kappa shape index (κ2) is 7.04. The highest BCUT2D eigenvalue weighted by Crippen LogP contribution is 2.29. The van der Waals surface area contributed by atoms with E-state index in [0.29, 0.717) is 16.6 Å². The molecule has 0 bridgehead atoms. The van der Waals surface area contributed by atoms with Crippen molar-refractivity contribution < 1.29 is 14.5 Å². The first-order chi connectivity index (χ1) is 13.5. The summed E-state index contributed by atoms with van der Waals surface area (Å²) in [5.41, 5.74) is 1.14. The summed E-state index contributed by atoms with van der Waals surface area (Å²) in [6.45, 7) is 0. The molecule has 0 saturated heterocycles. The molecule has 0 atom stereocenters. The summed E-state index contributed by atoms with van der Waals surface area (Å²) in [5, 5.41) is 21.7. The van der Waals surface area contributed by atoms with E-state index in [2.05, 4.69) is 20.6 Å². The van der Waals surface area contributed by atoms with Gasteiger partial charge in [0.25, 0.3) is 11.6 Å². The van der Waals surface area contributed by atoms with Gasteiger partial charge in [-0.1, -0.05) is 22.6 Å². The first-order valence-corrected chi connectivity index (χ1v) is 8.78. The van der Waals surface area contributed by atoms with Gasteiger partial charge in [0.05, 0.1) is 34.1 Å². The lowest BCUT2D eigenvalue weighted by molar-refractivity contribution is -0.384. The number of hydrogen-bond acceptors (Lipinski definition) is 8. The number of carbonyl (C=O) groups excluding carboxylic acids is 1. The van der Waals surface area contributed by atoms with Crippen molar-refractivity contribution in [3.63, 3.8) is 0 Å². The molecule has 1 amide bonds. The number of thiazole rings is 1. The zero-order valence-electron chi connectivity index (χ0n) is 14.4. The van der Waals surface area contributed by atoms with Crippen LogP contribution < -0.4 is 10.1 Å². The number of benzene rings is 2. The van der Waals surface area contributed by atoms with E-state index in [9.17, 15) is 14.9 Å². The van der Waals surface area contributed by atoms with E-state index in [0.717, 1.165) is 10.2 Å². The molecule has 2 heterocycles. The first kappa shape index (κ1) is 17.5. The lowest BCUT2D eigenvalue weighted by Crippen LogP contribution is -2.12. The number of carbonyl (C=O) groups is 1. The lowest BCUT2D eigenvalue weighted by atomic mass is 10.3. The summed E-state index contributed by atoms with van der Waals surface area (Å²) in [6, 6.07) is 11.3. The summed E-state index contributed by atoms with van der Waals surface area (Å²) >= 11 is 1.31. The molecule has 0 fully saturated rings. The molecule has 1 N–H and O–H groups in total. The molecule has 0 unspecified atom stereocenters. The van der Waals surface area contributed by atoms with Crippen LogP contribution in [0.5, 0.6) is 5.75 Å². The van der Waals surface area contributed by atoms with Crippen LogP contribution in [0.3, 0.4) is 0 Å². The average Bonchev–Trinajstić information content (AvgIpc) is 3.34. The third kappa shape index (κ3) is 3.38. The number of nitro groups is 1. The summed E-state index contributed by atoms with van der Waals surface area (Å²) < 4.78 is 7.35. The molecule has 0 saturated carbocycles. The molecule has 4 rings (SSSR count). The van der Waals surface area contributed by atoms with Crippen LogP contribution in [0.15, 0.2) is 48.7 Å². The number of fused-ring (bicyclic) bond motifs is 1. The second-order valence-electron chi connectivity index (χ2n) is 5.63. The third-order valence-corrected chi connectivity index (χ3v) is 4.78. The van der Waals surface area contributed by atoms with Gasteiger partial charge in [-0.25, -0.2) is 9.67 Å². The van der Waals surface area contributed by atoms with Gasteiger partial charge in [0.2, 0.25) is 0 Å². The highest BCUT2D eigenvalue weighted by Gasteiger charge is 2.15. The summed E-state index contributed by atoms with van der Waals surface area (Å²) in [5.74, 6) is 0.219. The average molecular weight is 396 g/mol. The Morgan fingerprint density at radius 2 is 2.14 bits per heavy atom. The molecule has 11 heteroatoms. The zero-order valence-corrected chi connectivity index (χ0v) is 15.2. The van der Waals surface area contributed by atoms with Crippen molar-refractivity contribution in [2.75, 3.05) is 12.4 Å². The number of methoxy groups -OCH3 is 1. The Balaban J connectivity index is 1.55. The fraction of sp³-hybridized carbons (Fsp3) is 0.0588. The Hall–Kier alpha value is -3.86. The van der Waals surface area contributed by atoms with Crippen molar-refractivity contribution in [2.24, 2.45) is 0 Å². The fourth-order valence-corrected chi connectivity index (χ4v) is 3.38. The number of amides is 1. The summed E-state index contributed by atoms with van der Waals surface area (Å²) in [4.78, 5) is 27.2. The van der Waals surface area contributed by atoms with Crippen LogP contribution in [-0.2, 0) is 0 Å². The minimum absolute atomic E-state index is 0.0587. The van der Waals surface area contributed by atoms with Crippen LogP contribution in [0.25, 0.3) is 15.9 Å². The molecular weight excluding hydrogens is 384 g/mol. The zero-order chi connectivity index (χ0) is 19.7. The van der Waals surface area contributed by atoms with Crippen LogP contribution in [0.4, 0.5) is 10.8 Å². The summed E-state index contributed by atoms with van der Waals surface area (Å²) in [6.07, 6.45) is 1.39. The van der Waals surface area contributed by atoms with Gasteiger partial charge < -0.3 is 4.74 Å². The van der Waals surface area contributed by atoms with E-state index in [1.165, 1.54) is 40.4 Å². The van der Waals surface area contributed by atoms with E-state index in [4.69, 9.17) is 4.74 Å². The number of anilines is 1. The Morgan fingerprint density at radius 3 is 2.93 bits per heavy atom. The van der Waals surface area contributed by atoms with Gasteiger partial charge in [-0.05, 0) is 24.3 Å². The van der Waals surface area contributed by atoms with Crippen molar-refractivity contribution >= 4 is 38.3 Å². The molecule has 0 spiro atoms. The number of hydrogen-bond donors (Lipinski definition) is 1. The van der Waals surface area contributed by atoms with E-state index >= 15 is 0 Å². The number of non-ortho nitro benzene ring substituents is 1. The maximum Gasteiger partial charge on any atom is 0.279 e. The number of ether oxygens (including phenoxy) is 1. The van der Waals surface area contributed by atoms with E-state index < -0.39 is 10.8 Å². The topological polar surface area (TPSA) is 125 Å². The molecule has 0 aliphatic heterocycles. The molecule has 2 aromatic heterocycles. The minimum Gasteiger partial charge on any atom is -0.497 e. The van der Waals surface area contributed by atoms with Gasteiger partial charge in [-0.15, -0.1) is 5.10 Å². The third-order valence-electron chi connectivity index (χ3n) is 3.85. The number of nitrogens with zero attached hydrogens (tertiary/aromatic N) is 5. The normalized spacial score (nSPS) is 10.8. The predicted octanol–water partition coefficient (Wildman–Crippen LogP) is 3.05. The van der Waals surface area contributed by atoms with Gasteiger partial charge in [0, 0.05) is 12.1 Å². The molecule has 2 aromatic carbocycles. The Bertz CT molecular complexity index is 1200. The molecule has 140 valence electrons. The van der Waals surface area contributed by atoms with Crippen LogP contribution in [0, 0.1) is 10.1 Å². The molecule has 28 heavy (non-hydrogen) atoms. The van der Waals surface area contributed by atoms with Gasteiger partial charge in [-0.2, -0.15) is 0 Å². The highest BCUT2D eigenvalue weighted by molar-refractivity contribution is 7.22. The van der Waals surface area contributed by atoms with Crippen molar-refractivity contribution in [1.29, 1.82) is 0 Å². The Kier molecular flexibility index (Phi) is 4.41. The smallest absolute Gasteiger partial charge is 0.279 e. The maximum absolute atomic E-state index is 12.4. The SMILES string of the molecule is COc1ccc2nc(NC(=O)c3cn(-c4cccc([N+](=O)[O-])c4)nn3)sc2c1. The predicted molar refractivity (Wildman–Crippen MR) is 102 cm³/mol. The molecule has 0 aliphatic rings. The maximum atomic E-state index is 12.4. The number of nitrogens with one attached hydrogen (secondary N) is 1. The molecule has 10 nitrogen and oxygen atoms in total. The Labute approximate surface area is 161 Å². The van der Waals surface area contributed by atoms with Gasteiger partial charge >= 0.3 is 0 Å². The standard InChI is InChI=1S/C17H12N6O4S/c1-27-12-5-6-13-15(8-12)28-17(18-13)19-16(24)14-9-22(21-20-14)10-3-2-4-11(7-10)23(25)26/h2-9H,1H3,(H,18,19,24). The van der Waals surface area contributed by atoms with Crippen LogP contribution >= 0.6 is 11.3 Å². The molecule has 4 aromatic rings. The monoisotopic (exact) mass is 396 g/mol. The number of nitro benzene ring substituents is 1. The molecule has 0 radical (unpaired) electrons. The number of rotatable bonds is 5. The lowest BCUT2D eigenvalue weighted by Gasteiger charge is -1.99. The van der Waals surface area contributed by atoms with E-state index in [1.54, 1.807) is 25.3 Å². The largest absolute Gasteiger partial charge is 0.497 e. The Morgan fingerprint density at radius 1 is 1.29 bits per heavy atom. The first-order valence-electron chi connectivity index (χ1n) is 7.96. The fourth-order valence-electron chi connectivity index (χ4n) is 2.49. The van der Waals surface area contributed by atoms with Gasteiger partial charge in [0.15, 0.2) is 10.8 Å². The minimum atomic E-state index is -0.504. The van der Waals surface area contributed by atoms with Crippen molar-refractivity contribution in [3.05, 3.63) is 64.5 Å². The highest BCUT2D eigenvalue weighted by atomic mass is 32.1. The van der Waals surface area contributed by atoms with Crippen molar-refractivity contribution in [3.8, 4) is 11.4 Å². The molecule has 0 aliphatic carbocycles. The quantitative estimate of drug-likeness (QED) is 0.406. The number of aromatic nitrogens is 4. The van der Waals surface area contributed by atoms with Crippen molar-refractivity contribution in [1.82, 2.24) is 20.0 Å². The van der Waals surface area contributed by atoms with E-state index in [-0.39, 0.29) is 11.4 Å². The van der Waals surface area contributed by atoms with Crippen LogP contribution in [-0.4, -0.2) is 37.9 Å². The second-order valence-corrected chi connectivity index (χ2v) is 6.66. The van der Waals surface area contributed by atoms with Gasteiger partial charge in [0.1, 0.15) is 5.75 Å². The van der Waals surface area contributed by atoms with Crippen LogP contribution in [0.1, 0.15) is 10.5 Å². The molecular formula is C17H12N6O4S. The van der Waals surface area contributed by atoms with Gasteiger partial charge in [-0.3, -0.25) is 20.2 Å². The van der Waals surface area contributed by atoms with E-state index in [1.807, 2.05) is 6.07 Å². The summed E-state index contributed by atoms with van der Waals surface area (Å²) in [7, 11) is 1.58. The van der Waals surface area contributed by atoms with Crippen LogP contribution in [0.2, 0.25) is 0 Å². The van der Waals surface area contributed by atoms with Crippen molar-refractivity contribution in [2.45, 2.75) is 0 Å².